The van der Waals surface area contributed by atoms with Crippen molar-refractivity contribution in [2.45, 2.75) is 0 Å². The summed E-state index contributed by atoms with van der Waals surface area (Å²) in [6.07, 6.45) is 1.83. The molecule has 6 N–H and O–H groups in total. The Kier molecular flexibility index (Phi) is 3.69. The Labute approximate surface area is 143 Å². The monoisotopic (exact) mass is 338 g/mol. The highest BCUT2D eigenvalue weighted by Gasteiger charge is 2.16. The molecule has 3 aromatic heterocycles. The van der Waals surface area contributed by atoms with Crippen LogP contribution in [0.2, 0.25) is 0 Å². The van der Waals surface area contributed by atoms with Crippen LogP contribution in [-0.4, -0.2) is 52.0 Å². The molecule has 0 aromatic carbocycles. The zero-order valence-electron chi connectivity index (χ0n) is 13.5. The number of nitrogen functional groups attached to an aromatic ring is 1. The van der Waals surface area contributed by atoms with Crippen LogP contribution in [-0.2, 0) is 0 Å². The van der Waals surface area contributed by atoms with E-state index in [1.54, 1.807) is 6.07 Å². The molecule has 1 fully saturated rings. The number of carbonyl (C=O) groups excluding carboxylic acids is 1. The minimum Gasteiger partial charge on any atom is -0.368 e. The van der Waals surface area contributed by atoms with E-state index in [4.69, 9.17) is 11.5 Å². The third kappa shape index (κ3) is 2.85. The van der Waals surface area contributed by atoms with E-state index in [-0.39, 0.29) is 11.6 Å². The van der Waals surface area contributed by atoms with Gasteiger partial charge in [-0.1, -0.05) is 0 Å². The summed E-state index contributed by atoms with van der Waals surface area (Å²) in [5.41, 5.74) is 14.1. The maximum absolute atomic E-state index is 11.4. The van der Waals surface area contributed by atoms with Gasteiger partial charge in [-0.25, -0.2) is 4.98 Å². The van der Waals surface area contributed by atoms with Crippen LogP contribution in [0, 0.1) is 0 Å². The average molecular weight is 338 g/mol. The Balaban J connectivity index is 1.74. The quantitative estimate of drug-likeness (QED) is 0.531. The van der Waals surface area contributed by atoms with E-state index in [0.717, 1.165) is 31.9 Å². The number of nitrogens with zero attached hydrogens (tertiary/aromatic N) is 4. The molecule has 9 heteroatoms. The molecule has 0 saturated carbocycles. The number of pyridine rings is 1. The molecule has 9 nitrogen and oxygen atoms in total. The van der Waals surface area contributed by atoms with Gasteiger partial charge in [-0.3, -0.25) is 9.78 Å². The number of carbonyl (C=O) groups is 1. The van der Waals surface area contributed by atoms with Crippen LogP contribution < -0.4 is 21.7 Å². The molecular weight excluding hydrogens is 320 g/mol. The van der Waals surface area contributed by atoms with Crippen molar-refractivity contribution in [1.29, 1.82) is 0 Å². The minimum absolute atomic E-state index is 0.105. The van der Waals surface area contributed by atoms with E-state index in [2.05, 4.69) is 30.2 Å². The molecule has 1 aliphatic heterocycles. The van der Waals surface area contributed by atoms with Crippen molar-refractivity contribution in [3.63, 3.8) is 0 Å². The molecule has 1 saturated heterocycles. The second-order valence-electron chi connectivity index (χ2n) is 5.88. The first-order valence-electron chi connectivity index (χ1n) is 8.00. The molecule has 25 heavy (non-hydrogen) atoms. The first-order chi connectivity index (χ1) is 12.1. The van der Waals surface area contributed by atoms with E-state index in [1.807, 2.05) is 18.3 Å². The summed E-state index contributed by atoms with van der Waals surface area (Å²) in [5.74, 6) is -0.460. The van der Waals surface area contributed by atoms with Crippen LogP contribution in [0.3, 0.4) is 0 Å². The number of amides is 1. The van der Waals surface area contributed by atoms with E-state index < -0.39 is 5.91 Å². The van der Waals surface area contributed by atoms with Gasteiger partial charge in [-0.05, 0) is 18.2 Å². The number of rotatable bonds is 3. The summed E-state index contributed by atoms with van der Waals surface area (Å²) in [4.78, 5) is 29.5. The number of H-pyrrole nitrogens is 1. The lowest BCUT2D eigenvalue weighted by Crippen LogP contribution is -2.43. The molecule has 1 aliphatic rings. The van der Waals surface area contributed by atoms with Crippen LogP contribution in [0.15, 0.2) is 24.4 Å². The van der Waals surface area contributed by atoms with Crippen LogP contribution in [0.4, 0.5) is 11.6 Å². The molecule has 0 atom stereocenters. The second-order valence-corrected chi connectivity index (χ2v) is 5.88. The van der Waals surface area contributed by atoms with Crippen LogP contribution in [0.25, 0.3) is 22.4 Å². The predicted octanol–water partition coefficient (Wildman–Crippen LogP) is 0.111. The predicted molar refractivity (Wildman–Crippen MR) is 95.1 cm³/mol. The number of hydrogen-bond acceptors (Lipinski definition) is 7. The zero-order valence-corrected chi connectivity index (χ0v) is 13.5. The van der Waals surface area contributed by atoms with Crippen molar-refractivity contribution in [2.75, 3.05) is 36.8 Å². The summed E-state index contributed by atoms with van der Waals surface area (Å²) < 4.78 is 0. The van der Waals surface area contributed by atoms with E-state index >= 15 is 0 Å². The topological polar surface area (TPSA) is 139 Å². The number of nitrogens with two attached hydrogens (primary N) is 2. The first kappa shape index (κ1) is 15.3. The first-order valence-corrected chi connectivity index (χ1v) is 8.00. The standard InChI is InChI=1S/C16H18N8O/c17-14(25)12-7-10-13(22-16(18)23-15(10)21-12)11-2-1-9(8-20-11)24-5-3-19-4-6-24/h1-2,7-8,19H,3-6H2,(H2,17,25)(H3,18,21,22,23). The minimum atomic E-state index is -0.565. The third-order valence-corrected chi connectivity index (χ3v) is 4.24. The summed E-state index contributed by atoms with van der Waals surface area (Å²) >= 11 is 0. The van der Waals surface area contributed by atoms with Crippen LogP contribution in [0.1, 0.15) is 10.5 Å². The highest BCUT2D eigenvalue weighted by molar-refractivity contribution is 6.00. The second kappa shape index (κ2) is 6.02. The van der Waals surface area contributed by atoms with Gasteiger partial charge in [0, 0.05) is 31.6 Å². The highest BCUT2D eigenvalue weighted by Crippen LogP contribution is 2.27. The molecule has 0 aliphatic carbocycles. The summed E-state index contributed by atoms with van der Waals surface area (Å²) in [7, 11) is 0. The maximum Gasteiger partial charge on any atom is 0.265 e. The molecule has 0 bridgehead atoms. The SMILES string of the molecule is NC(=O)c1cc2c(-c3ccc(N4CCNCC4)cn3)nc(N)nc2[nH]1. The molecule has 1 amide bonds. The number of fused-ring (bicyclic) bond motifs is 1. The van der Waals surface area contributed by atoms with Crippen molar-refractivity contribution >= 4 is 28.6 Å². The van der Waals surface area contributed by atoms with Gasteiger partial charge in [0.2, 0.25) is 5.95 Å². The van der Waals surface area contributed by atoms with Gasteiger partial charge in [-0.15, -0.1) is 0 Å². The van der Waals surface area contributed by atoms with E-state index in [1.165, 1.54) is 0 Å². The molecule has 4 rings (SSSR count). The Bertz CT molecular complexity index is 927. The van der Waals surface area contributed by atoms with Gasteiger partial charge >= 0.3 is 0 Å². The molecule has 0 spiro atoms. The highest BCUT2D eigenvalue weighted by atomic mass is 16.1. The van der Waals surface area contributed by atoms with Gasteiger partial charge in [0.25, 0.3) is 5.91 Å². The third-order valence-electron chi connectivity index (χ3n) is 4.24. The van der Waals surface area contributed by atoms with Gasteiger partial charge in [0.1, 0.15) is 17.0 Å². The Morgan fingerprint density at radius 1 is 1.20 bits per heavy atom. The van der Waals surface area contributed by atoms with Gasteiger partial charge in [-0.2, -0.15) is 4.98 Å². The summed E-state index contributed by atoms with van der Waals surface area (Å²) in [5, 5.41) is 3.98. The van der Waals surface area contributed by atoms with E-state index in [9.17, 15) is 4.79 Å². The smallest absolute Gasteiger partial charge is 0.265 e. The number of nitrogens with one attached hydrogen (secondary N) is 2. The van der Waals surface area contributed by atoms with Crippen molar-refractivity contribution in [2.24, 2.45) is 5.73 Å². The maximum atomic E-state index is 11.4. The van der Waals surface area contributed by atoms with Crippen molar-refractivity contribution in [3.8, 4) is 11.4 Å². The van der Waals surface area contributed by atoms with Gasteiger partial charge < -0.3 is 26.7 Å². The Morgan fingerprint density at radius 3 is 2.68 bits per heavy atom. The van der Waals surface area contributed by atoms with Crippen LogP contribution in [0.5, 0.6) is 0 Å². The number of aromatic amines is 1. The Hall–Kier alpha value is -3.20. The lowest BCUT2D eigenvalue weighted by molar-refractivity contribution is 0.0996. The fourth-order valence-corrected chi connectivity index (χ4v) is 2.99. The van der Waals surface area contributed by atoms with Crippen molar-refractivity contribution < 1.29 is 4.79 Å². The molecule has 0 radical (unpaired) electrons. The van der Waals surface area contributed by atoms with Crippen LogP contribution >= 0.6 is 0 Å². The number of primary amides is 1. The normalized spacial score (nSPS) is 14.8. The fraction of sp³-hybridized carbons (Fsp3) is 0.250. The molecule has 128 valence electrons. The molecular formula is C16H18N8O. The average Bonchev–Trinajstić information content (AvgIpc) is 3.06. The lowest BCUT2D eigenvalue weighted by atomic mass is 10.2. The summed E-state index contributed by atoms with van der Waals surface area (Å²) in [6.45, 7) is 3.82. The largest absolute Gasteiger partial charge is 0.368 e. The van der Waals surface area contributed by atoms with E-state index in [0.29, 0.717) is 22.4 Å². The Morgan fingerprint density at radius 2 is 2.00 bits per heavy atom. The number of aromatic nitrogens is 4. The lowest BCUT2D eigenvalue weighted by Gasteiger charge is -2.29. The molecule has 0 unspecified atom stereocenters. The zero-order chi connectivity index (χ0) is 17.4. The van der Waals surface area contributed by atoms with Gasteiger partial charge in [0.15, 0.2) is 0 Å². The van der Waals surface area contributed by atoms with Gasteiger partial charge in [0.05, 0.1) is 17.6 Å². The molecule has 4 heterocycles. The fourth-order valence-electron chi connectivity index (χ4n) is 2.99. The van der Waals surface area contributed by atoms with Crippen molar-refractivity contribution in [1.82, 2.24) is 25.3 Å². The molecule has 3 aromatic rings. The number of anilines is 2. The summed E-state index contributed by atoms with van der Waals surface area (Å²) in [6, 6.07) is 5.54. The number of piperazine rings is 1. The van der Waals surface area contributed by atoms with Crippen molar-refractivity contribution in [3.05, 3.63) is 30.1 Å². The number of hydrogen-bond donors (Lipinski definition) is 4.